The maximum absolute atomic E-state index is 13.6. The Kier molecular flexibility index (Phi) is 4.74. The maximum Gasteiger partial charge on any atom is 0.293 e. The Balaban J connectivity index is 1.78. The van der Waals surface area contributed by atoms with Crippen molar-refractivity contribution in [3.63, 3.8) is 0 Å². The molecule has 0 unspecified atom stereocenters. The van der Waals surface area contributed by atoms with Crippen molar-refractivity contribution >= 4 is 29.4 Å². The van der Waals surface area contributed by atoms with E-state index in [0.29, 0.717) is 45.9 Å². The molecule has 0 bridgehead atoms. The summed E-state index contributed by atoms with van der Waals surface area (Å²) in [7, 11) is 0. The third-order valence-electron chi connectivity index (χ3n) is 5.51. The van der Waals surface area contributed by atoms with Gasteiger partial charge in [-0.25, -0.2) is 0 Å². The molecule has 5 rings (SSSR count). The minimum atomic E-state index is -0.544. The molecular weight excluding hydrogens is 428 g/mol. The van der Waals surface area contributed by atoms with Crippen molar-refractivity contribution < 1.29 is 22.6 Å². The molecule has 0 amide bonds. The van der Waals surface area contributed by atoms with Crippen LogP contribution in [0.2, 0.25) is 0 Å². The van der Waals surface area contributed by atoms with Gasteiger partial charge in [-0.15, -0.1) is 0 Å². The standard InChI is InChI=1S/C25H22O6S/c1-13(2)5-7-16-23-15(9-10-25(3,4)29-23)21(26)20-22(27)17(12-28-24(16)20)14-6-8-18-19(11-14)31-32-30-18/h5-6,8-12,26H,7H2,1-4H3. The van der Waals surface area contributed by atoms with Crippen LogP contribution in [0.25, 0.3) is 28.2 Å². The molecule has 0 saturated heterocycles. The van der Waals surface area contributed by atoms with Crippen LogP contribution in [-0.4, -0.2) is 10.7 Å². The highest BCUT2D eigenvalue weighted by molar-refractivity contribution is 7.90. The summed E-state index contributed by atoms with van der Waals surface area (Å²) in [6, 6.07) is 5.22. The monoisotopic (exact) mass is 450 g/mol. The van der Waals surface area contributed by atoms with Crippen LogP contribution >= 0.6 is 12.3 Å². The van der Waals surface area contributed by atoms with Crippen LogP contribution in [0.3, 0.4) is 0 Å². The van der Waals surface area contributed by atoms with Gasteiger partial charge in [0.05, 0.1) is 11.1 Å². The second-order valence-electron chi connectivity index (χ2n) is 8.67. The second kappa shape index (κ2) is 7.38. The van der Waals surface area contributed by atoms with Gasteiger partial charge in [0, 0.05) is 5.56 Å². The number of phenolic OH excluding ortho intramolecular Hbond substituents is 1. The Morgan fingerprint density at radius 1 is 1.19 bits per heavy atom. The number of fused-ring (bicyclic) bond motifs is 3. The number of hydrogen-bond acceptors (Lipinski definition) is 7. The van der Waals surface area contributed by atoms with Gasteiger partial charge in [0.15, 0.2) is 11.5 Å². The van der Waals surface area contributed by atoms with E-state index in [1.54, 1.807) is 18.2 Å². The SMILES string of the molecule is CC(C)=CCc1c2c(c(O)c3c(=O)c(-c4ccc5c(c4)OSO5)coc13)C=CC(C)(C)O2. The van der Waals surface area contributed by atoms with Crippen LogP contribution in [0, 0.1) is 0 Å². The van der Waals surface area contributed by atoms with Gasteiger partial charge in [-0.05, 0) is 64.0 Å². The molecule has 3 heterocycles. The van der Waals surface area contributed by atoms with E-state index in [-0.39, 0.29) is 16.6 Å². The van der Waals surface area contributed by atoms with Gasteiger partial charge in [0.25, 0.3) is 12.3 Å². The molecule has 2 aromatic carbocycles. The van der Waals surface area contributed by atoms with E-state index in [1.165, 1.54) is 6.26 Å². The van der Waals surface area contributed by atoms with Gasteiger partial charge in [0.1, 0.15) is 34.3 Å². The van der Waals surface area contributed by atoms with Gasteiger partial charge in [-0.2, -0.15) is 0 Å². The average Bonchev–Trinajstić information content (AvgIpc) is 3.20. The third-order valence-corrected chi connectivity index (χ3v) is 6.01. The zero-order chi connectivity index (χ0) is 22.6. The molecule has 2 aliphatic rings. The number of benzene rings is 2. The summed E-state index contributed by atoms with van der Waals surface area (Å²) < 4.78 is 22.8. The van der Waals surface area contributed by atoms with Gasteiger partial charge in [-0.1, -0.05) is 17.7 Å². The van der Waals surface area contributed by atoms with Crippen LogP contribution in [0.4, 0.5) is 0 Å². The number of phenols is 1. The molecule has 1 aromatic heterocycles. The number of hydrogen-bond donors (Lipinski definition) is 1. The molecule has 0 atom stereocenters. The van der Waals surface area contributed by atoms with Gasteiger partial charge < -0.3 is 22.6 Å². The number of aromatic hydroxyl groups is 1. The average molecular weight is 451 g/mol. The lowest BCUT2D eigenvalue weighted by atomic mass is 9.93. The largest absolute Gasteiger partial charge is 0.506 e. The number of rotatable bonds is 3. The zero-order valence-corrected chi connectivity index (χ0v) is 19.0. The van der Waals surface area contributed by atoms with Crippen molar-refractivity contribution in [2.45, 2.75) is 39.7 Å². The summed E-state index contributed by atoms with van der Waals surface area (Å²) in [6.07, 6.45) is 7.66. The lowest BCUT2D eigenvalue weighted by Gasteiger charge is -2.30. The molecule has 3 aromatic rings. The molecule has 0 radical (unpaired) electrons. The van der Waals surface area contributed by atoms with E-state index >= 15 is 0 Å². The Hall–Kier alpha value is -3.32. The molecule has 0 spiro atoms. The molecule has 0 aliphatic carbocycles. The van der Waals surface area contributed by atoms with Crippen LogP contribution in [-0.2, 0) is 6.42 Å². The summed E-state index contributed by atoms with van der Waals surface area (Å²) in [5.74, 6) is 1.52. The van der Waals surface area contributed by atoms with Crippen molar-refractivity contribution in [2.75, 3.05) is 0 Å². The van der Waals surface area contributed by atoms with Gasteiger partial charge in [0.2, 0.25) is 5.43 Å². The topological polar surface area (TPSA) is 78.1 Å². The predicted molar refractivity (Wildman–Crippen MR) is 125 cm³/mol. The fourth-order valence-corrected chi connectivity index (χ4v) is 4.30. The van der Waals surface area contributed by atoms with E-state index < -0.39 is 5.60 Å². The van der Waals surface area contributed by atoms with E-state index in [9.17, 15) is 9.90 Å². The van der Waals surface area contributed by atoms with Crippen LogP contribution < -0.4 is 18.5 Å². The molecule has 7 heteroatoms. The van der Waals surface area contributed by atoms with Crippen molar-refractivity contribution in [3.05, 3.63) is 63.5 Å². The van der Waals surface area contributed by atoms with E-state index in [2.05, 4.69) is 0 Å². The lowest BCUT2D eigenvalue weighted by Crippen LogP contribution is -2.28. The number of allylic oxidation sites excluding steroid dienone is 2. The summed E-state index contributed by atoms with van der Waals surface area (Å²) >= 11 is 0.872. The van der Waals surface area contributed by atoms with E-state index in [4.69, 9.17) is 17.5 Å². The van der Waals surface area contributed by atoms with Crippen molar-refractivity contribution in [3.8, 4) is 34.1 Å². The van der Waals surface area contributed by atoms with Crippen LogP contribution in [0.5, 0.6) is 23.0 Å². The summed E-state index contributed by atoms with van der Waals surface area (Å²) in [4.78, 5) is 13.6. The number of ether oxygens (including phenoxy) is 1. The Morgan fingerprint density at radius 3 is 2.75 bits per heavy atom. The quantitative estimate of drug-likeness (QED) is 0.376. The highest BCUT2D eigenvalue weighted by Crippen LogP contribution is 2.45. The lowest BCUT2D eigenvalue weighted by molar-refractivity contribution is 0.157. The minimum Gasteiger partial charge on any atom is -0.506 e. The van der Waals surface area contributed by atoms with E-state index in [0.717, 1.165) is 23.5 Å². The normalized spacial score (nSPS) is 15.4. The van der Waals surface area contributed by atoms with Crippen molar-refractivity contribution in [1.29, 1.82) is 0 Å². The smallest absolute Gasteiger partial charge is 0.293 e. The van der Waals surface area contributed by atoms with Crippen molar-refractivity contribution in [2.24, 2.45) is 0 Å². The van der Waals surface area contributed by atoms with Gasteiger partial charge >= 0.3 is 0 Å². The third kappa shape index (κ3) is 3.33. The minimum absolute atomic E-state index is 0.137. The van der Waals surface area contributed by atoms with E-state index in [1.807, 2.05) is 45.9 Å². The second-order valence-corrected chi connectivity index (χ2v) is 9.14. The maximum atomic E-state index is 13.6. The molecule has 0 fully saturated rings. The van der Waals surface area contributed by atoms with Crippen LogP contribution in [0.15, 0.2) is 51.4 Å². The zero-order valence-electron chi connectivity index (χ0n) is 18.1. The fraction of sp³-hybridized carbons (Fsp3) is 0.240. The molecule has 164 valence electrons. The molecule has 32 heavy (non-hydrogen) atoms. The molecular formula is C25H22O6S. The Labute approximate surface area is 189 Å². The fourth-order valence-electron chi connectivity index (χ4n) is 3.86. The molecule has 0 saturated carbocycles. The summed E-state index contributed by atoms with van der Waals surface area (Å²) in [6.45, 7) is 7.89. The Morgan fingerprint density at radius 2 is 1.97 bits per heavy atom. The van der Waals surface area contributed by atoms with Crippen LogP contribution in [0.1, 0.15) is 38.8 Å². The van der Waals surface area contributed by atoms with Crippen molar-refractivity contribution in [1.82, 2.24) is 0 Å². The predicted octanol–water partition coefficient (Wildman–Crippen LogP) is 6.19. The summed E-state index contributed by atoms with van der Waals surface area (Å²) in [5, 5.41) is 11.3. The first-order chi connectivity index (χ1) is 15.2. The first-order valence-electron chi connectivity index (χ1n) is 10.3. The molecule has 1 N–H and O–H groups in total. The van der Waals surface area contributed by atoms with Gasteiger partial charge in [-0.3, -0.25) is 4.79 Å². The Bertz CT molecular complexity index is 1380. The molecule has 6 nitrogen and oxygen atoms in total. The highest BCUT2D eigenvalue weighted by Gasteiger charge is 2.30. The highest BCUT2D eigenvalue weighted by atomic mass is 32.2. The first kappa shape index (κ1) is 20.6. The molecule has 2 aliphatic heterocycles. The first-order valence-corrected chi connectivity index (χ1v) is 10.9. The summed E-state index contributed by atoms with van der Waals surface area (Å²) in [5.41, 5.74) is 2.74.